The molecule has 1 aromatic carbocycles. The number of aromatic nitrogens is 1. The maximum absolute atomic E-state index is 12.5. The predicted molar refractivity (Wildman–Crippen MR) is 84.4 cm³/mol. The van der Waals surface area contributed by atoms with Crippen molar-refractivity contribution in [3.8, 4) is 0 Å². The van der Waals surface area contributed by atoms with Gasteiger partial charge in [0.15, 0.2) is 0 Å². The van der Waals surface area contributed by atoms with Gasteiger partial charge >= 0.3 is 6.18 Å². The van der Waals surface area contributed by atoms with Gasteiger partial charge in [-0.1, -0.05) is 23.7 Å². The highest BCUT2D eigenvalue weighted by Crippen LogP contribution is 2.31. The molecule has 2 rings (SSSR count). The van der Waals surface area contributed by atoms with E-state index in [2.05, 4.69) is 26.2 Å². The van der Waals surface area contributed by atoms with E-state index in [9.17, 15) is 18.0 Å². The van der Waals surface area contributed by atoms with Gasteiger partial charge in [0.25, 0.3) is 5.91 Å². The minimum absolute atomic E-state index is 0.0741. The molecule has 0 bridgehead atoms. The number of nitrogens with zero attached hydrogens (tertiary/aromatic N) is 1. The van der Waals surface area contributed by atoms with Gasteiger partial charge in [0, 0.05) is 23.6 Å². The minimum atomic E-state index is -4.48. The molecule has 0 radical (unpaired) electrons. The average Bonchev–Trinajstić information content (AvgIpc) is 2.48. The zero-order valence-corrected chi connectivity index (χ0v) is 14.0. The summed E-state index contributed by atoms with van der Waals surface area (Å²) in [5.74, 6) is -0.291. The minimum Gasteiger partial charge on any atom is -0.352 e. The molecular weight excluding hydrogens is 397 g/mol. The highest BCUT2D eigenvalue weighted by Gasteiger charge is 2.31. The van der Waals surface area contributed by atoms with Gasteiger partial charge in [-0.15, -0.1) is 0 Å². The number of pyridine rings is 1. The molecule has 0 saturated heterocycles. The zero-order chi connectivity index (χ0) is 17.0. The molecule has 0 saturated carbocycles. The molecule has 1 aromatic heterocycles. The Kier molecular flexibility index (Phi) is 5.64. The van der Waals surface area contributed by atoms with Crippen LogP contribution >= 0.6 is 27.5 Å². The van der Waals surface area contributed by atoms with Crippen molar-refractivity contribution in [2.24, 2.45) is 0 Å². The lowest BCUT2D eigenvalue weighted by Gasteiger charge is -2.10. The largest absolute Gasteiger partial charge is 0.417 e. The molecule has 1 amide bonds. The van der Waals surface area contributed by atoms with Gasteiger partial charge in [-0.3, -0.25) is 9.78 Å². The number of amides is 1. The first kappa shape index (κ1) is 17.7. The zero-order valence-electron chi connectivity index (χ0n) is 11.6. The molecule has 0 fully saturated rings. The van der Waals surface area contributed by atoms with Gasteiger partial charge in [0.05, 0.1) is 21.8 Å². The van der Waals surface area contributed by atoms with E-state index in [1.807, 2.05) is 0 Å². The van der Waals surface area contributed by atoms with Crippen molar-refractivity contribution in [2.75, 3.05) is 6.54 Å². The molecule has 1 heterocycles. The van der Waals surface area contributed by atoms with Crippen molar-refractivity contribution in [1.29, 1.82) is 0 Å². The fourth-order valence-corrected chi connectivity index (χ4v) is 2.57. The Balaban J connectivity index is 1.97. The molecule has 8 heteroatoms. The topological polar surface area (TPSA) is 42.0 Å². The Morgan fingerprint density at radius 1 is 1.30 bits per heavy atom. The molecule has 0 unspecified atom stereocenters. The number of rotatable bonds is 4. The van der Waals surface area contributed by atoms with Crippen molar-refractivity contribution in [3.63, 3.8) is 0 Å². The first-order chi connectivity index (χ1) is 10.8. The lowest BCUT2D eigenvalue weighted by atomic mass is 10.2. The first-order valence-corrected chi connectivity index (χ1v) is 7.70. The monoisotopic (exact) mass is 406 g/mol. The second-order valence-electron chi connectivity index (χ2n) is 4.64. The van der Waals surface area contributed by atoms with Gasteiger partial charge in [-0.05, 0) is 34.1 Å². The van der Waals surface area contributed by atoms with Crippen LogP contribution < -0.4 is 5.32 Å². The van der Waals surface area contributed by atoms with Crippen LogP contribution in [0.5, 0.6) is 0 Å². The van der Waals surface area contributed by atoms with Crippen LogP contribution in [0.3, 0.4) is 0 Å². The van der Waals surface area contributed by atoms with E-state index in [1.165, 1.54) is 0 Å². The van der Waals surface area contributed by atoms with E-state index in [4.69, 9.17) is 11.6 Å². The van der Waals surface area contributed by atoms with Crippen LogP contribution in [0.1, 0.15) is 21.6 Å². The maximum atomic E-state index is 12.5. The van der Waals surface area contributed by atoms with E-state index in [-0.39, 0.29) is 23.9 Å². The van der Waals surface area contributed by atoms with E-state index in [0.29, 0.717) is 15.7 Å². The Morgan fingerprint density at radius 2 is 2.00 bits per heavy atom. The van der Waals surface area contributed by atoms with Crippen molar-refractivity contribution in [2.45, 2.75) is 12.6 Å². The Hall–Kier alpha value is -1.60. The van der Waals surface area contributed by atoms with Crippen molar-refractivity contribution in [1.82, 2.24) is 10.3 Å². The van der Waals surface area contributed by atoms with Crippen LogP contribution in [-0.2, 0) is 12.6 Å². The number of nitrogens with one attached hydrogen (secondary N) is 1. The summed E-state index contributed by atoms with van der Waals surface area (Å²) in [6.07, 6.45) is -3.52. The number of carbonyl (C=O) groups excluding carboxylic acids is 1. The molecule has 3 nitrogen and oxygen atoms in total. The van der Waals surface area contributed by atoms with Crippen LogP contribution in [0.2, 0.25) is 5.02 Å². The molecule has 122 valence electrons. The summed E-state index contributed by atoms with van der Waals surface area (Å²) in [6, 6.07) is 7.74. The molecule has 0 atom stereocenters. The van der Waals surface area contributed by atoms with Gasteiger partial charge in [0.1, 0.15) is 0 Å². The van der Waals surface area contributed by atoms with Crippen molar-refractivity contribution < 1.29 is 18.0 Å². The van der Waals surface area contributed by atoms with E-state index >= 15 is 0 Å². The fourth-order valence-electron chi connectivity index (χ4n) is 1.84. The third-order valence-corrected chi connectivity index (χ3v) is 4.03. The van der Waals surface area contributed by atoms with Crippen molar-refractivity contribution in [3.05, 3.63) is 62.8 Å². The summed E-state index contributed by atoms with van der Waals surface area (Å²) in [5, 5.41) is 2.60. The SMILES string of the molecule is O=C(NCCc1ncc(C(F)(F)F)cc1Cl)c1ccccc1Br. The Labute approximate surface area is 144 Å². The summed E-state index contributed by atoms with van der Waals surface area (Å²) in [6.45, 7) is 0.207. The number of alkyl halides is 3. The average molecular weight is 408 g/mol. The standard InChI is InChI=1S/C15H11BrClF3N2O/c16-11-4-2-1-3-10(11)14(23)21-6-5-13-12(17)7-9(8-22-13)15(18,19)20/h1-4,7-8H,5-6H2,(H,21,23). The van der Waals surface area contributed by atoms with Crippen LogP contribution in [0.25, 0.3) is 0 Å². The number of hydrogen-bond acceptors (Lipinski definition) is 2. The Bertz CT molecular complexity index is 722. The molecule has 0 spiro atoms. The molecule has 0 aliphatic carbocycles. The predicted octanol–water partition coefficient (Wildman–Crippen LogP) is 4.49. The molecule has 0 aliphatic heterocycles. The number of carbonyl (C=O) groups is 1. The molecule has 1 N–H and O–H groups in total. The van der Waals surface area contributed by atoms with Crippen LogP contribution in [0.4, 0.5) is 13.2 Å². The van der Waals surface area contributed by atoms with Gasteiger partial charge in [-0.25, -0.2) is 0 Å². The number of halogens is 5. The summed E-state index contributed by atoms with van der Waals surface area (Å²) in [5.41, 5.74) is -0.130. The summed E-state index contributed by atoms with van der Waals surface area (Å²) in [4.78, 5) is 15.7. The van der Waals surface area contributed by atoms with Crippen molar-refractivity contribution >= 4 is 33.4 Å². The second-order valence-corrected chi connectivity index (χ2v) is 5.90. The molecular formula is C15H11BrClF3N2O. The molecule has 0 aliphatic rings. The van der Waals surface area contributed by atoms with Gasteiger partial charge in [0.2, 0.25) is 0 Å². The second kappa shape index (κ2) is 7.31. The third-order valence-electron chi connectivity index (χ3n) is 3.01. The van der Waals surface area contributed by atoms with Crippen LogP contribution in [0.15, 0.2) is 41.0 Å². The summed E-state index contributed by atoms with van der Waals surface area (Å²) < 4.78 is 38.2. The normalized spacial score (nSPS) is 11.3. The van der Waals surface area contributed by atoms with E-state index in [1.54, 1.807) is 24.3 Å². The lowest BCUT2D eigenvalue weighted by molar-refractivity contribution is -0.137. The number of hydrogen-bond donors (Lipinski definition) is 1. The smallest absolute Gasteiger partial charge is 0.352 e. The van der Waals surface area contributed by atoms with Gasteiger partial charge < -0.3 is 5.32 Å². The fraction of sp³-hybridized carbons (Fsp3) is 0.200. The van der Waals surface area contributed by atoms with E-state index < -0.39 is 11.7 Å². The maximum Gasteiger partial charge on any atom is 0.417 e. The van der Waals surface area contributed by atoms with E-state index in [0.717, 1.165) is 12.3 Å². The molecule has 2 aromatic rings. The first-order valence-electron chi connectivity index (χ1n) is 6.53. The summed E-state index contributed by atoms with van der Waals surface area (Å²) >= 11 is 9.08. The summed E-state index contributed by atoms with van der Waals surface area (Å²) in [7, 11) is 0. The molecule has 23 heavy (non-hydrogen) atoms. The van der Waals surface area contributed by atoms with Crippen LogP contribution in [-0.4, -0.2) is 17.4 Å². The third kappa shape index (κ3) is 4.68. The lowest BCUT2D eigenvalue weighted by Crippen LogP contribution is -2.26. The van der Waals surface area contributed by atoms with Gasteiger partial charge in [-0.2, -0.15) is 13.2 Å². The highest BCUT2D eigenvalue weighted by molar-refractivity contribution is 9.10. The number of benzene rings is 1. The quantitative estimate of drug-likeness (QED) is 0.811. The Morgan fingerprint density at radius 3 is 2.61 bits per heavy atom. The van der Waals surface area contributed by atoms with Crippen LogP contribution in [0, 0.1) is 0 Å². The highest BCUT2D eigenvalue weighted by atomic mass is 79.9.